The number of rotatable bonds is 7. The second-order valence-electron chi connectivity index (χ2n) is 7.25. The predicted octanol–water partition coefficient (Wildman–Crippen LogP) is 4.10. The number of fused-ring (bicyclic) bond motifs is 1. The highest BCUT2D eigenvalue weighted by Gasteiger charge is 2.30. The largest absolute Gasteiger partial charge is 0.416 e. The lowest BCUT2D eigenvalue weighted by atomic mass is 10.2. The van der Waals surface area contributed by atoms with Crippen LogP contribution in [0.1, 0.15) is 33.9 Å². The Balaban J connectivity index is 1.42. The maximum Gasteiger partial charge on any atom is 0.416 e. The number of hydrogen-bond acceptors (Lipinski definition) is 7. The Morgan fingerprint density at radius 2 is 1.94 bits per heavy atom. The number of aromatic nitrogens is 4. The van der Waals surface area contributed by atoms with Crippen molar-refractivity contribution in [2.75, 3.05) is 11.9 Å². The maximum absolute atomic E-state index is 12.7. The highest BCUT2D eigenvalue weighted by molar-refractivity contribution is 7.15. The summed E-state index contributed by atoms with van der Waals surface area (Å²) in [6.45, 7) is 2.83. The van der Waals surface area contributed by atoms with Crippen LogP contribution in [-0.2, 0) is 12.7 Å². The van der Waals surface area contributed by atoms with Gasteiger partial charge in [0.05, 0.1) is 29.6 Å². The van der Waals surface area contributed by atoms with Gasteiger partial charge in [-0.15, -0.1) is 0 Å². The van der Waals surface area contributed by atoms with E-state index in [-0.39, 0.29) is 17.6 Å². The molecule has 4 rings (SSSR count). The van der Waals surface area contributed by atoms with Crippen LogP contribution >= 0.6 is 11.3 Å². The first-order valence-electron chi connectivity index (χ1n) is 9.96. The van der Waals surface area contributed by atoms with Crippen molar-refractivity contribution >= 4 is 39.1 Å². The lowest BCUT2D eigenvalue weighted by molar-refractivity contribution is -0.137. The normalized spacial score (nSPS) is 12.6. The topological polar surface area (TPSA) is 111 Å². The van der Waals surface area contributed by atoms with Crippen LogP contribution in [0.25, 0.3) is 11.0 Å². The number of hydrogen-bond donors (Lipinski definition) is 3. The number of imidazole rings is 1. The van der Waals surface area contributed by atoms with Crippen molar-refractivity contribution in [1.29, 1.82) is 0 Å². The fourth-order valence-electron chi connectivity index (χ4n) is 3.15. The number of carbonyl (C=O) groups is 1. The molecule has 3 aromatic heterocycles. The van der Waals surface area contributed by atoms with Crippen molar-refractivity contribution in [2.45, 2.75) is 25.7 Å². The third-order valence-electron chi connectivity index (χ3n) is 4.87. The minimum atomic E-state index is -4.38. The van der Waals surface area contributed by atoms with Gasteiger partial charge >= 0.3 is 6.18 Å². The van der Waals surface area contributed by atoms with E-state index < -0.39 is 11.7 Å². The van der Waals surface area contributed by atoms with E-state index in [1.54, 1.807) is 24.8 Å². The van der Waals surface area contributed by atoms with Gasteiger partial charge in [0.2, 0.25) is 0 Å². The molecule has 0 spiro atoms. The first kappa shape index (κ1) is 22.7. The van der Waals surface area contributed by atoms with Crippen LogP contribution in [0.2, 0.25) is 0 Å². The standard InChI is InChI=1S/C21H20F3N7OS/c1-12(29-19(32)15-8-17-16(9-26-15)28-11-31(17)7-6-25)18-10-27-20(33-18)30-14-4-2-13(3-5-14)21(22,23)24/h2-5,8-12H,6-7,25H2,1H3,(H,27,30)(H,29,32). The average molecular weight is 476 g/mol. The Bertz CT molecular complexity index is 1270. The van der Waals surface area contributed by atoms with Crippen LogP contribution in [0.15, 0.2) is 49.1 Å². The summed E-state index contributed by atoms with van der Waals surface area (Å²) >= 11 is 1.29. The number of carbonyl (C=O) groups excluding carboxylic acids is 1. The molecule has 33 heavy (non-hydrogen) atoms. The molecule has 172 valence electrons. The molecule has 0 bridgehead atoms. The number of nitrogens with one attached hydrogen (secondary N) is 2. The molecule has 3 heterocycles. The van der Waals surface area contributed by atoms with E-state index in [2.05, 4.69) is 25.6 Å². The van der Waals surface area contributed by atoms with E-state index in [1.165, 1.54) is 23.5 Å². The number of thiazole rings is 1. The average Bonchev–Trinajstić information content (AvgIpc) is 3.41. The Morgan fingerprint density at radius 1 is 1.18 bits per heavy atom. The highest BCUT2D eigenvalue weighted by Crippen LogP contribution is 2.31. The first-order valence-corrected chi connectivity index (χ1v) is 10.8. The van der Waals surface area contributed by atoms with Crippen molar-refractivity contribution in [1.82, 2.24) is 24.8 Å². The second kappa shape index (κ2) is 9.16. The molecule has 0 radical (unpaired) electrons. The second-order valence-corrected chi connectivity index (χ2v) is 8.31. The lowest BCUT2D eigenvalue weighted by Crippen LogP contribution is -2.27. The number of benzene rings is 1. The molecule has 0 saturated heterocycles. The Hall–Kier alpha value is -3.51. The summed E-state index contributed by atoms with van der Waals surface area (Å²) in [6, 6.07) is 6.00. The molecular formula is C21H20F3N7OS. The molecule has 1 aromatic carbocycles. The molecule has 1 amide bonds. The van der Waals surface area contributed by atoms with Gasteiger partial charge in [-0.3, -0.25) is 4.79 Å². The summed E-state index contributed by atoms with van der Waals surface area (Å²) in [7, 11) is 0. The van der Waals surface area contributed by atoms with Crippen LogP contribution in [0.3, 0.4) is 0 Å². The summed E-state index contributed by atoms with van der Waals surface area (Å²) in [4.78, 5) is 26.2. The zero-order chi connectivity index (χ0) is 23.6. The number of anilines is 2. The van der Waals surface area contributed by atoms with Gasteiger partial charge in [-0.25, -0.2) is 15.0 Å². The van der Waals surface area contributed by atoms with Gasteiger partial charge in [-0.05, 0) is 37.3 Å². The van der Waals surface area contributed by atoms with Crippen LogP contribution in [0.5, 0.6) is 0 Å². The molecule has 0 fully saturated rings. The van der Waals surface area contributed by atoms with Gasteiger partial charge in [0.25, 0.3) is 5.91 Å². The highest BCUT2D eigenvalue weighted by atomic mass is 32.1. The molecule has 12 heteroatoms. The van der Waals surface area contributed by atoms with E-state index in [4.69, 9.17) is 5.73 Å². The van der Waals surface area contributed by atoms with Gasteiger partial charge in [0.15, 0.2) is 5.13 Å². The SMILES string of the molecule is CC(NC(=O)c1cc2c(cn1)ncn2CCN)c1cnc(Nc2ccc(C(F)(F)F)cc2)s1. The number of alkyl halides is 3. The molecule has 1 unspecified atom stereocenters. The van der Waals surface area contributed by atoms with Crippen LogP contribution in [-0.4, -0.2) is 32.0 Å². The van der Waals surface area contributed by atoms with Crippen LogP contribution in [0.4, 0.5) is 24.0 Å². The van der Waals surface area contributed by atoms with Gasteiger partial charge in [0, 0.05) is 29.9 Å². The van der Waals surface area contributed by atoms with Crippen molar-refractivity contribution in [3.63, 3.8) is 0 Å². The van der Waals surface area contributed by atoms with Crippen molar-refractivity contribution in [3.05, 3.63) is 65.2 Å². The lowest BCUT2D eigenvalue weighted by Gasteiger charge is -2.11. The first-order chi connectivity index (χ1) is 15.7. The molecule has 1 atom stereocenters. The Labute approximate surface area is 190 Å². The molecule has 4 aromatic rings. The Morgan fingerprint density at radius 3 is 2.64 bits per heavy atom. The minimum absolute atomic E-state index is 0.251. The van der Waals surface area contributed by atoms with Crippen molar-refractivity contribution in [3.8, 4) is 0 Å². The van der Waals surface area contributed by atoms with E-state index in [0.29, 0.717) is 29.4 Å². The number of halogens is 3. The number of pyridine rings is 1. The monoisotopic (exact) mass is 475 g/mol. The molecule has 0 saturated carbocycles. The maximum atomic E-state index is 12.7. The van der Waals surface area contributed by atoms with Crippen LogP contribution in [0, 0.1) is 0 Å². The van der Waals surface area contributed by atoms with Crippen molar-refractivity contribution < 1.29 is 18.0 Å². The quantitative estimate of drug-likeness (QED) is 0.371. The number of nitrogens with two attached hydrogens (primary N) is 1. The summed E-state index contributed by atoms with van der Waals surface area (Å²) in [6.07, 6.45) is 0.422. The van der Waals surface area contributed by atoms with Gasteiger partial charge in [-0.1, -0.05) is 11.3 Å². The number of nitrogens with zero attached hydrogens (tertiary/aromatic N) is 4. The summed E-state index contributed by atoms with van der Waals surface area (Å²) in [5, 5.41) is 6.35. The summed E-state index contributed by atoms with van der Waals surface area (Å²) in [5.74, 6) is -0.351. The molecule has 4 N–H and O–H groups in total. The van der Waals surface area contributed by atoms with Gasteiger partial charge < -0.3 is 20.9 Å². The summed E-state index contributed by atoms with van der Waals surface area (Å²) in [5.41, 5.74) is 7.07. The fourth-order valence-corrected chi connectivity index (χ4v) is 3.99. The molecular weight excluding hydrogens is 455 g/mol. The molecule has 0 aliphatic rings. The molecule has 0 aliphatic heterocycles. The molecule has 0 aliphatic carbocycles. The summed E-state index contributed by atoms with van der Waals surface area (Å²) < 4.78 is 40.0. The van der Waals surface area contributed by atoms with E-state index in [0.717, 1.165) is 22.5 Å². The number of amides is 1. The van der Waals surface area contributed by atoms with Gasteiger partial charge in [0.1, 0.15) is 11.2 Å². The zero-order valence-electron chi connectivity index (χ0n) is 17.4. The zero-order valence-corrected chi connectivity index (χ0v) is 18.2. The third-order valence-corrected chi connectivity index (χ3v) is 5.97. The van der Waals surface area contributed by atoms with E-state index in [1.807, 2.05) is 11.5 Å². The fraction of sp³-hybridized carbons (Fsp3) is 0.238. The van der Waals surface area contributed by atoms with Crippen molar-refractivity contribution in [2.24, 2.45) is 5.73 Å². The molecule has 8 nitrogen and oxygen atoms in total. The van der Waals surface area contributed by atoms with E-state index >= 15 is 0 Å². The third kappa shape index (κ3) is 5.12. The van der Waals surface area contributed by atoms with Gasteiger partial charge in [-0.2, -0.15) is 13.2 Å². The minimum Gasteiger partial charge on any atom is -0.343 e. The Kier molecular flexibility index (Phi) is 6.29. The van der Waals surface area contributed by atoms with E-state index in [9.17, 15) is 18.0 Å². The smallest absolute Gasteiger partial charge is 0.343 e. The predicted molar refractivity (Wildman–Crippen MR) is 119 cm³/mol. The van der Waals surface area contributed by atoms with Crippen LogP contribution < -0.4 is 16.4 Å².